The third kappa shape index (κ3) is 30.3. The number of ether oxygens (including phenoxy) is 3. The van der Waals surface area contributed by atoms with Gasteiger partial charge < -0.3 is 63.7 Å². The van der Waals surface area contributed by atoms with Gasteiger partial charge in [-0.2, -0.15) is 0 Å². The highest BCUT2D eigenvalue weighted by molar-refractivity contribution is 6.31. The van der Waals surface area contributed by atoms with E-state index in [0.717, 1.165) is 155 Å². The van der Waals surface area contributed by atoms with Crippen molar-refractivity contribution >= 4 is 81.0 Å². The van der Waals surface area contributed by atoms with Gasteiger partial charge in [-0.05, 0) is 290 Å². The Morgan fingerprint density at radius 1 is 0.379 bits per heavy atom. The third-order valence-corrected chi connectivity index (χ3v) is 23.3. The van der Waals surface area contributed by atoms with Crippen LogP contribution >= 0.6 is 11.6 Å². The molecule has 9 aromatic heterocycles. The van der Waals surface area contributed by atoms with Crippen LogP contribution in [0.25, 0.3) is 21.9 Å². The number of carbonyl (C=O) groups is 7. The highest BCUT2D eigenvalue weighted by atomic mass is 35.5. The number of fused-ring (bicyclic) bond motifs is 4. The molecule has 0 fully saturated rings. The zero-order valence-corrected chi connectivity index (χ0v) is 77.2. The normalized spacial score (nSPS) is 12.1. The number of benzene rings is 7. The molecule has 0 amide bonds. The summed E-state index contributed by atoms with van der Waals surface area (Å²) >= 11 is 6.17. The van der Waals surface area contributed by atoms with Crippen molar-refractivity contribution < 1.29 is 92.4 Å². The minimum absolute atomic E-state index is 0. The number of pyridine rings is 7. The van der Waals surface area contributed by atoms with Gasteiger partial charge in [0, 0.05) is 134 Å². The zero-order chi connectivity index (χ0) is 98.5. The monoisotopic (exact) mass is 1900 g/mol. The zero-order valence-electron chi connectivity index (χ0n) is 76.4. The first-order chi connectivity index (χ1) is 67.3. The standard InChI is InChI=1S/C16H18N2O2.C16H15NO4.2C16H13NO3.C16H15NO3.C16H13NO2.C15H14ClNO2.CH4/c1-18(2)14-7-4-12(5-8-14)3-6-13-11-17-10-9-15(13)16(19)20;18-16(19)13-7-8-17-9-11(13)5-6-12-10-20-14-3-1-2-4-15(14)21-12;18-16(19)14-5-7-17-10-13(14)3-1-11-2-4-15-12(9-11)6-8-20-15;18-16(19)14-7-8-17-9-11(14)5-6-12-10-20-15-4-2-1-3-13(12)15;18-16(19)14-7-8-17-10-12(14)5-6-13-9-11-3-1-2-4-15(11)20-13;1-2-12-3-5-13(6-4-12)7-8-14-11-17-10-9-15(14)16(18)19;1-10-2-3-11(14(16)8-10)4-5-12-9-17-7-6-13(12)15(18)19;/h4-5,7-11H,3,6H2,1-2H3,(H,19,20);1-4,7-9,12H,5-6,10H2,(H,18,19);2,4-10H,1,3H2,(H,18,19);1-4,7-10H,5-6H2,(H,18,19);1-4,7-8,10,13H,5-6,9H2,(H,18,19);1,3-6,9-11H,7-8H2,(H,18,19);2-3,6-9H,4-5H2,1H3,(H,18,19);1H4. The molecule has 0 saturated carbocycles. The number of aromatic carboxylic acids is 7. The molecular formula is C112H105ClN8O19. The van der Waals surface area contributed by atoms with E-state index in [-0.39, 0.29) is 19.6 Å². The molecule has 2 aliphatic rings. The number of hydrogen-bond acceptors (Lipinski definition) is 20. The number of rotatable bonds is 29. The molecule has 2 aliphatic heterocycles. The molecule has 27 nitrogen and oxygen atoms in total. The topological polar surface area (TPSA) is 409 Å². The predicted molar refractivity (Wildman–Crippen MR) is 533 cm³/mol. The highest BCUT2D eigenvalue weighted by Crippen LogP contribution is 2.34. The first-order valence-electron chi connectivity index (χ1n) is 44.6. The van der Waals surface area contributed by atoms with Crippen LogP contribution in [0.5, 0.6) is 17.2 Å². The second-order valence-electron chi connectivity index (χ2n) is 32.5. The molecule has 28 heteroatoms. The summed E-state index contributed by atoms with van der Waals surface area (Å²) in [6, 6.07) is 63.9. The summed E-state index contributed by atoms with van der Waals surface area (Å²) < 4.78 is 28.1. The van der Waals surface area contributed by atoms with Crippen LogP contribution in [0.2, 0.25) is 5.02 Å². The van der Waals surface area contributed by atoms with Crippen molar-refractivity contribution in [3.8, 4) is 29.6 Å². The van der Waals surface area contributed by atoms with Gasteiger partial charge in [-0.25, -0.2) is 33.6 Å². The van der Waals surface area contributed by atoms with Crippen molar-refractivity contribution in [1.82, 2.24) is 34.9 Å². The van der Waals surface area contributed by atoms with Crippen LogP contribution in [0.1, 0.15) is 176 Å². The van der Waals surface area contributed by atoms with Crippen LogP contribution < -0.4 is 19.1 Å². The number of carboxylic acids is 7. The van der Waals surface area contributed by atoms with E-state index in [9.17, 15) is 33.6 Å². The van der Waals surface area contributed by atoms with Crippen molar-refractivity contribution in [3.63, 3.8) is 0 Å². The fourth-order valence-corrected chi connectivity index (χ4v) is 15.8. The fraction of sp³-hybridized carbons (Fsp3) is 0.196. The van der Waals surface area contributed by atoms with Crippen molar-refractivity contribution in [2.24, 2.45) is 0 Å². The second kappa shape index (κ2) is 52.2. The molecule has 714 valence electrons. The molecule has 0 radical (unpaired) electrons. The minimum Gasteiger partial charge on any atom is -0.490 e. The average molecular weight is 1900 g/mol. The number of hydrogen-bond donors (Lipinski definition) is 7. The first kappa shape index (κ1) is 104. The first-order valence-corrected chi connectivity index (χ1v) is 45.0. The maximum Gasteiger partial charge on any atom is 0.336 e. The molecule has 140 heavy (non-hydrogen) atoms. The number of nitrogens with zero attached hydrogens (tertiary/aromatic N) is 8. The highest BCUT2D eigenvalue weighted by Gasteiger charge is 2.26. The summed E-state index contributed by atoms with van der Waals surface area (Å²) in [4.78, 5) is 108. The molecule has 0 aliphatic carbocycles. The Labute approximate surface area is 814 Å². The van der Waals surface area contributed by atoms with Gasteiger partial charge in [-0.1, -0.05) is 116 Å². The number of terminal acetylenes is 1. The van der Waals surface area contributed by atoms with Gasteiger partial charge in [0.15, 0.2) is 11.5 Å². The molecule has 7 N–H and O–H groups in total. The Morgan fingerprint density at radius 3 is 1.20 bits per heavy atom. The number of aryl methyl sites for hydroxylation is 13. The molecule has 16 aromatic rings. The van der Waals surface area contributed by atoms with E-state index in [4.69, 9.17) is 76.8 Å². The van der Waals surface area contributed by atoms with Crippen LogP contribution in [-0.2, 0) is 83.5 Å². The third-order valence-electron chi connectivity index (χ3n) is 22.9. The van der Waals surface area contributed by atoms with Gasteiger partial charge in [-0.15, -0.1) is 6.42 Å². The minimum atomic E-state index is -0.932. The Bertz CT molecular complexity index is 6930. The molecule has 0 saturated heterocycles. The van der Waals surface area contributed by atoms with Gasteiger partial charge in [0.05, 0.1) is 51.5 Å². The summed E-state index contributed by atoms with van der Waals surface area (Å²) in [5.41, 5.74) is 19.1. The number of aromatic nitrogens is 7. The lowest BCUT2D eigenvalue weighted by atomic mass is 10.0. The van der Waals surface area contributed by atoms with Gasteiger partial charge in [0.25, 0.3) is 0 Å². The number of furan rings is 2. The molecule has 2 unspecified atom stereocenters. The molecule has 11 heterocycles. The predicted octanol–water partition coefficient (Wildman–Crippen LogP) is 21.2. The van der Waals surface area contributed by atoms with Gasteiger partial charge in [-0.3, -0.25) is 34.9 Å². The largest absolute Gasteiger partial charge is 0.490 e. The summed E-state index contributed by atoms with van der Waals surface area (Å²) in [5.74, 6) is -1.40. The number of carboxylic acid groups (broad SMARTS) is 7. The molecule has 2 atom stereocenters. The SMILES string of the molecule is C.C#Cc1ccc(CCc2cnccc2C(=O)O)cc1.CN(C)c1ccc(CCc2cnccc2C(=O)O)cc1.Cc1ccc(CCc2cnccc2C(=O)O)c(Cl)c1.O=C(O)c1ccncc1CCC1COc2ccccc2O1.O=C(O)c1ccncc1CCC1Cc2ccccc2O1.O=C(O)c1ccncc1CCc1ccc2occc2c1.O=C(O)c1ccncc1CCc1coc2ccccc12. The van der Waals surface area contributed by atoms with Crippen LogP contribution in [0.4, 0.5) is 5.69 Å². The summed E-state index contributed by atoms with van der Waals surface area (Å²) in [5, 5.41) is 66.7. The van der Waals surface area contributed by atoms with Crippen LogP contribution in [0, 0.1) is 19.3 Å². The van der Waals surface area contributed by atoms with Crippen molar-refractivity contribution in [2.45, 2.75) is 123 Å². The summed E-state index contributed by atoms with van der Waals surface area (Å²) in [7, 11) is 4.01. The summed E-state index contributed by atoms with van der Waals surface area (Å²) in [6.07, 6.45) is 41.1. The van der Waals surface area contributed by atoms with E-state index in [0.29, 0.717) is 109 Å². The van der Waals surface area contributed by atoms with E-state index in [1.54, 1.807) is 68.0 Å². The van der Waals surface area contributed by atoms with E-state index in [1.807, 2.05) is 153 Å². The quantitative estimate of drug-likeness (QED) is 0.0214. The lowest BCUT2D eigenvalue weighted by Gasteiger charge is -2.26. The maximum absolute atomic E-state index is 11.2. The van der Waals surface area contributed by atoms with E-state index in [2.05, 4.69) is 77.2 Å². The van der Waals surface area contributed by atoms with E-state index in [1.165, 1.54) is 84.8 Å². The fourth-order valence-electron chi connectivity index (χ4n) is 15.5. The lowest BCUT2D eigenvalue weighted by Crippen LogP contribution is -2.29. The van der Waals surface area contributed by atoms with Crippen LogP contribution in [0.15, 0.2) is 314 Å². The maximum atomic E-state index is 11.2. The van der Waals surface area contributed by atoms with Crippen molar-refractivity contribution in [2.75, 3.05) is 25.6 Å². The average Bonchev–Trinajstić information content (AvgIpc) is 1.68. The van der Waals surface area contributed by atoms with Crippen LogP contribution in [-0.4, -0.2) is 145 Å². The molecule has 7 aromatic carbocycles. The van der Waals surface area contributed by atoms with Gasteiger partial charge in [0.2, 0.25) is 0 Å². The Morgan fingerprint density at radius 2 is 0.757 bits per heavy atom. The smallest absolute Gasteiger partial charge is 0.336 e. The molecular weight excluding hydrogens is 1800 g/mol. The number of para-hydroxylation sites is 4. The summed E-state index contributed by atoms with van der Waals surface area (Å²) in [6.45, 7) is 2.46. The van der Waals surface area contributed by atoms with E-state index >= 15 is 0 Å². The molecule has 0 spiro atoms. The molecule has 18 rings (SSSR count). The van der Waals surface area contributed by atoms with E-state index < -0.39 is 41.8 Å². The van der Waals surface area contributed by atoms with Gasteiger partial charge >= 0.3 is 41.8 Å². The Balaban J connectivity index is 0.000000156. The van der Waals surface area contributed by atoms with Crippen LogP contribution in [0.3, 0.4) is 0 Å². The number of halogens is 1. The molecule has 0 bridgehead atoms. The Hall–Kier alpha value is -17.0. The van der Waals surface area contributed by atoms with Crippen molar-refractivity contribution in [1.29, 1.82) is 0 Å². The Kier molecular flexibility index (Phi) is 38.6. The van der Waals surface area contributed by atoms with Crippen molar-refractivity contribution in [3.05, 3.63) is 433 Å². The number of anilines is 1. The van der Waals surface area contributed by atoms with Gasteiger partial charge in [0.1, 0.15) is 35.7 Å². The lowest BCUT2D eigenvalue weighted by molar-refractivity contribution is 0.0683. The second-order valence-corrected chi connectivity index (χ2v) is 32.9.